The van der Waals surface area contributed by atoms with Crippen LogP contribution < -0.4 is 11.1 Å². The van der Waals surface area contributed by atoms with Gasteiger partial charge in [0.05, 0.1) is 5.56 Å². The van der Waals surface area contributed by atoms with Crippen LogP contribution >= 0.6 is 0 Å². The molecule has 0 fully saturated rings. The molecule has 0 saturated carbocycles. The van der Waals surface area contributed by atoms with E-state index in [-0.39, 0.29) is 44.4 Å². The molecule has 0 radical (unpaired) electrons. The number of amides is 3. The predicted octanol–water partition coefficient (Wildman–Crippen LogP) is 5.87. The van der Waals surface area contributed by atoms with Gasteiger partial charge < -0.3 is 15.7 Å². The van der Waals surface area contributed by atoms with Crippen LogP contribution in [0, 0.1) is 5.41 Å². The molecule has 1 aliphatic rings. The molecule has 0 atom stereocenters. The zero-order valence-corrected chi connectivity index (χ0v) is 23.7. The van der Waals surface area contributed by atoms with Gasteiger partial charge >= 0.3 is 5.97 Å². The third-order valence-corrected chi connectivity index (χ3v) is 7.61. The molecule has 0 saturated heterocycles. The number of carboxylic acid groups (broad SMARTS) is 1. The number of hydrogen-bond donors (Lipinski definition) is 4. The number of nitrogens with zero attached hydrogens (tertiary/aromatic N) is 1. The Bertz CT molecular complexity index is 1270. The molecule has 9 heteroatoms. The van der Waals surface area contributed by atoms with Crippen LogP contribution in [0.1, 0.15) is 138 Å². The number of nitrogens with two attached hydrogens (primary N) is 1. The fourth-order valence-electron chi connectivity index (χ4n) is 5.45. The normalized spacial score (nSPS) is 12.4. The highest BCUT2D eigenvalue weighted by Crippen LogP contribution is 2.35. The highest BCUT2D eigenvalue weighted by atomic mass is 16.4. The van der Waals surface area contributed by atoms with Crippen molar-refractivity contribution in [3.63, 3.8) is 0 Å². The standard InChI is InChI=1S/C31H42N4O5/c1-3-5-7-9-11-13-17-35(18-14-12-10-8-6-4-2)27(32)26-23(31(39)40)19-22-24-21(29(37)34-30(22)38)16-15-20(25(24)26)28(33)36/h15-16,19,32H,3-14,17-18H2,1-2H3,(H2,33,36)(H,39,40)(H,34,37,38). The molecule has 40 heavy (non-hydrogen) atoms. The first-order valence-electron chi connectivity index (χ1n) is 14.6. The Morgan fingerprint density at radius 2 is 1.32 bits per heavy atom. The van der Waals surface area contributed by atoms with Gasteiger partial charge in [-0.2, -0.15) is 0 Å². The van der Waals surface area contributed by atoms with Gasteiger partial charge in [-0.05, 0) is 31.0 Å². The van der Waals surface area contributed by atoms with Crippen molar-refractivity contribution in [2.75, 3.05) is 13.1 Å². The summed E-state index contributed by atoms with van der Waals surface area (Å²) < 4.78 is 0. The maximum Gasteiger partial charge on any atom is 0.336 e. The number of rotatable bonds is 17. The predicted molar refractivity (Wildman–Crippen MR) is 156 cm³/mol. The number of hydrogen-bond acceptors (Lipinski definition) is 5. The molecule has 9 nitrogen and oxygen atoms in total. The molecule has 0 aromatic heterocycles. The van der Waals surface area contributed by atoms with E-state index in [1.165, 1.54) is 31.0 Å². The van der Waals surface area contributed by atoms with Crippen molar-refractivity contribution in [2.45, 2.75) is 90.9 Å². The topological polar surface area (TPSA) is 154 Å². The third kappa shape index (κ3) is 7.06. The van der Waals surface area contributed by atoms with Gasteiger partial charge in [0.25, 0.3) is 11.8 Å². The summed E-state index contributed by atoms with van der Waals surface area (Å²) in [5, 5.41) is 21.9. The number of carbonyl (C=O) groups excluding carboxylic acids is 3. The molecular formula is C31H42N4O5. The van der Waals surface area contributed by atoms with Crippen LogP contribution in [0.15, 0.2) is 18.2 Å². The van der Waals surface area contributed by atoms with Crippen LogP contribution in [0.5, 0.6) is 0 Å². The van der Waals surface area contributed by atoms with Crippen LogP contribution in [0.25, 0.3) is 10.8 Å². The Labute approximate surface area is 236 Å². The fraction of sp³-hybridized carbons (Fsp3) is 0.516. The lowest BCUT2D eigenvalue weighted by molar-refractivity contribution is 0.0696. The highest BCUT2D eigenvalue weighted by molar-refractivity contribution is 6.31. The maximum absolute atomic E-state index is 12.7. The first kappa shape index (κ1) is 30.8. The fourth-order valence-corrected chi connectivity index (χ4v) is 5.45. The van der Waals surface area contributed by atoms with Crippen molar-refractivity contribution < 1.29 is 24.3 Å². The van der Waals surface area contributed by atoms with Crippen molar-refractivity contribution in [2.24, 2.45) is 5.73 Å². The molecule has 0 unspecified atom stereocenters. The summed E-state index contributed by atoms with van der Waals surface area (Å²) in [5.41, 5.74) is 5.53. The molecule has 0 spiro atoms. The van der Waals surface area contributed by atoms with Gasteiger partial charge in [-0.1, -0.05) is 78.1 Å². The molecular weight excluding hydrogens is 508 g/mol. The SMILES string of the molecule is CCCCCCCCN(CCCCCCCC)C(=N)c1c(C(=O)O)cc2c3c(ccc(C(N)=O)c13)C(=O)NC2=O. The Balaban J connectivity index is 2.08. The van der Waals surface area contributed by atoms with Gasteiger partial charge in [0.15, 0.2) is 0 Å². The van der Waals surface area contributed by atoms with Crippen LogP contribution in [-0.4, -0.2) is 52.6 Å². The minimum absolute atomic E-state index is 0.0152. The van der Waals surface area contributed by atoms with Gasteiger partial charge in [0.1, 0.15) is 5.84 Å². The second-order valence-electron chi connectivity index (χ2n) is 10.6. The lowest BCUT2D eigenvalue weighted by atomic mass is 9.85. The van der Waals surface area contributed by atoms with Crippen LogP contribution in [0.3, 0.4) is 0 Å². The zero-order chi connectivity index (χ0) is 29.2. The minimum Gasteiger partial charge on any atom is -0.478 e. The molecule has 216 valence electrons. The lowest BCUT2D eigenvalue weighted by Crippen LogP contribution is -2.37. The summed E-state index contributed by atoms with van der Waals surface area (Å²) in [5.74, 6) is -3.59. The van der Waals surface area contributed by atoms with Gasteiger partial charge in [-0.15, -0.1) is 0 Å². The first-order valence-corrected chi connectivity index (χ1v) is 14.6. The van der Waals surface area contributed by atoms with Gasteiger partial charge in [0, 0.05) is 46.1 Å². The van der Waals surface area contributed by atoms with E-state index in [0.29, 0.717) is 13.1 Å². The molecule has 0 bridgehead atoms. The van der Waals surface area contributed by atoms with Crippen LogP contribution in [0.2, 0.25) is 0 Å². The number of unbranched alkanes of at least 4 members (excludes halogenated alkanes) is 10. The summed E-state index contributed by atoms with van der Waals surface area (Å²) >= 11 is 0. The molecule has 2 aromatic rings. The first-order chi connectivity index (χ1) is 19.2. The van der Waals surface area contributed by atoms with E-state index in [9.17, 15) is 29.7 Å². The Morgan fingerprint density at radius 1 is 0.800 bits per heavy atom. The van der Waals surface area contributed by atoms with Crippen LogP contribution in [-0.2, 0) is 0 Å². The van der Waals surface area contributed by atoms with E-state index < -0.39 is 23.7 Å². The van der Waals surface area contributed by atoms with E-state index >= 15 is 0 Å². The summed E-state index contributed by atoms with van der Waals surface area (Å²) in [4.78, 5) is 52.3. The van der Waals surface area contributed by atoms with E-state index in [1.54, 1.807) is 0 Å². The number of nitrogens with one attached hydrogen (secondary N) is 2. The van der Waals surface area contributed by atoms with E-state index in [1.807, 2.05) is 4.90 Å². The zero-order valence-electron chi connectivity index (χ0n) is 23.7. The summed E-state index contributed by atoms with van der Waals surface area (Å²) in [6, 6.07) is 3.98. The van der Waals surface area contributed by atoms with Crippen molar-refractivity contribution in [1.82, 2.24) is 10.2 Å². The molecule has 0 aliphatic carbocycles. The maximum atomic E-state index is 12.7. The molecule has 3 rings (SSSR count). The molecule has 2 aromatic carbocycles. The van der Waals surface area contributed by atoms with E-state index in [4.69, 9.17) is 5.73 Å². The number of aromatic carboxylic acids is 1. The Morgan fingerprint density at radius 3 is 1.85 bits per heavy atom. The second-order valence-corrected chi connectivity index (χ2v) is 10.6. The average molecular weight is 551 g/mol. The van der Waals surface area contributed by atoms with Crippen molar-refractivity contribution in [3.05, 3.63) is 46.0 Å². The van der Waals surface area contributed by atoms with E-state index in [2.05, 4.69) is 19.2 Å². The number of carboxylic acids is 1. The monoisotopic (exact) mass is 550 g/mol. The Hall–Kier alpha value is -3.75. The summed E-state index contributed by atoms with van der Waals surface area (Å²) in [6.07, 6.45) is 12.8. The molecule has 1 aliphatic heterocycles. The van der Waals surface area contributed by atoms with Gasteiger partial charge in [0.2, 0.25) is 5.91 Å². The average Bonchev–Trinajstić information content (AvgIpc) is 2.92. The highest BCUT2D eigenvalue weighted by Gasteiger charge is 2.33. The quantitative estimate of drug-likeness (QED) is 0.0836. The smallest absolute Gasteiger partial charge is 0.336 e. The number of carbonyl (C=O) groups is 4. The van der Waals surface area contributed by atoms with Crippen LogP contribution in [0.4, 0.5) is 0 Å². The lowest BCUT2D eigenvalue weighted by Gasteiger charge is -2.29. The number of benzene rings is 2. The van der Waals surface area contributed by atoms with Crippen molar-refractivity contribution in [3.8, 4) is 0 Å². The number of primary amides is 1. The van der Waals surface area contributed by atoms with Gasteiger partial charge in [-0.3, -0.25) is 25.1 Å². The molecule has 3 amide bonds. The van der Waals surface area contributed by atoms with E-state index in [0.717, 1.165) is 64.2 Å². The number of amidine groups is 1. The molecule has 1 heterocycles. The van der Waals surface area contributed by atoms with Gasteiger partial charge in [-0.25, -0.2) is 4.79 Å². The van der Waals surface area contributed by atoms with Crippen molar-refractivity contribution >= 4 is 40.3 Å². The van der Waals surface area contributed by atoms with Crippen molar-refractivity contribution in [1.29, 1.82) is 5.41 Å². The second kappa shape index (κ2) is 14.6. The summed E-state index contributed by atoms with van der Waals surface area (Å²) in [7, 11) is 0. The molecule has 5 N–H and O–H groups in total. The largest absolute Gasteiger partial charge is 0.478 e. The summed E-state index contributed by atoms with van der Waals surface area (Å²) in [6.45, 7) is 5.46. The third-order valence-electron chi connectivity index (χ3n) is 7.61. The Kier molecular flexibility index (Phi) is 11.2. The number of imide groups is 1. The minimum atomic E-state index is -1.33.